The molecule has 0 atom stereocenters. The lowest BCUT2D eigenvalue weighted by Crippen LogP contribution is -2.11. The number of aryl methyl sites for hydroxylation is 1. The third-order valence-electron chi connectivity index (χ3n) is 2.87. The first kappa shape index (κ1) is 11.0. The van der Waals surface area contributed by atoms with Crippen molar-refractivity contribution in [2.24, 2.45) is 5.84 Å². The van der Waals surface area contributed by atoms with Gasteiger partial charge in [0.05, 0.1) is 0 Å². The minimum Gasteiger partial charge on any atom is -0.308 e. The Hall–Kier alpha value is -2.08. The fraction of sp³-hybridized carbons (Fsp3) is 0.333. The van der Waals surface area contributed by atoms with Crippen LogP contribution in [0.2, 0.25) is 0 Å². The van der Waals surface area contributed by atoms with Gasteiger partial charge in [-0.05, 0) is 25.3 Å². The molecule has 0 unspecified atom stereocenters. The fourth-order valence-corrected chi connectivity index (χ4v) is 1.74. The number of aromatic nitrogens is 4. The molecule has 3 N–H and O–H groups in total. The van der Waals surface area contributed by atoms with Crippen molar-refractivity contribution in [1.29, 1.82) is 0 Å². The maximum atomic E-state index is 5.43. The van der Waals surface area contributed by atoms with E-state index in [0.717, 1.165) is 11.3 Å². The molecule has 0 bridgehead atoms. The molecule has 18 heavy (non-hydrogen) atoms. The van der Waals surface area contributed by atoms with E-state index in [0.29, 0.717) is 23.4 Å². The van der Waals surface area contributed by atoms with Crippen LogP contribution in [0.1, 0.15) is 30.0 Å². The largest absolute Gasteiger partial charge is 0.308 e. The van der Waals surface area contributed by atoms with Gasteiger partial charge in [-0.2, -0.15) is 0 Å². The average molecular weight is 242 g/mol. The highest BCUT2D eigenvalue weighted by atomic mass is 15.3. The van der Waals surface area contributed by atoms with Crippen LogP contribution < -0.4 is 11.3 Å². The Labute approximate surface area is 105 Å². The van der Waals surface area contributed by atoms with Crippen molar-refractivity contribution in [3.63, 3.8) is 0 Å². The molecule has 0 amide bonds. The van der Waals surface area contributed by atoms with Crippen LogP contribution in [0, 0.1) is 6.92 Å². The molecule has 0 aromatic carbocycles. The minimum atomic E-state index is 0.521. The van der Waals surface area contributed by atoms with Crippen LogP contribution in [0.25, 0.3) is 11.6 Å². The summed E-state index contributed by atoms with van der Waals surface area (Å²) in [5.74, 6) is 7.61. The second-order valence-corrected chi connectivity index (χ2v) is 4.50. The highest BCUT2D eigenvalue weighted by Gasteiger charge is 2.26. The first-order valence-corrected chi connectivity index (χ1v) is 5.91. The molecule has 2 aromatic rings. The summed E-state index contributed by atoms with van der Waals surface area (Å²) in [7, 11) is 0. The van der Waals surface area contributed by atoms with Gasteiger partial charge in [0.25, 0.3) is 0 Å². The predicted octanol–water partition coefficient (Wildman–Crippen LogP) is 1.41. The monoisotopic (exact) mass is 242 g/mol. The molecule has 0 aliphatic heterocycles. The van der Waals surface area contributed by atoms with Gasteiger partial charge in [-0.25, -0.2) is 25.8 Å². The Balaban J connectivity index is 2.04. The second kappa shape index (κ2) is 4.30. The Morgan fingerprint density at radius 2 is 1.89 bits per heavy atom. The minimum absolute atomic E-state index is 0.521. The number of nitrogens with two attached hydrogens (primary N) is 1. The Bertz CT molecular complexity index is 561. The Kier molecular flexibility index (Phi) is 2.64. The first-order chi connectivity index (χ1) is 8.76. The Morgan fingerprint density at radius 3 is 2.50 bits per heavy atom. The van der Waals surface area contributed by atoms with Crippen LogP contribution in [-0.4, -0.2) is 19.9 Å². The zero-order valence-corrected chi connectivity index (χ0v) is 10.1. The summed E-state index contributed by atoms with van der Waals surface area (Å²) in [6.07, 6.45) is 5.86. The quantitative estimate of drug-likeness (QED) is 0.624. The highest BCUT2D eigenvalue weighted by Crippen LogP contribution is 2.39. The summed E-state index contributed by atoms with van der Waals surface area (Å²) < 4.78 is 0. The van der Waals surface area contributed by atoms with Gasteiger partial charge in [-0.3, -0.25) is 0 Å². The normalized spacial score (nSPS) is 14.6. The molecule has 2 aromatic heterocycles. The van der Waals surface area contributed by atoms with E-state index < -0.39 is 0 Å². The number of rotatable bonds is 3. The van der Waals surface area contributed by atoms with Gasteiger partial charge < -0.3 is 5.43 Å². The molecule has 1 fully saturated rings. The number of nitrogens with zero attached hydrogens (tertiary/aromatic N) is 4. The van der Waals surface area contributed by atoms with E-state index in [-0.39, 0.29) is 0 Å². The van der Waals surface area contributed by atoms with E-state index >= 15 is 0 Å². The summed E-state index contributed by atoms with van der Waals surface area (Å²) in [4.78, 5) is 17.3. The van der Waals surface area contributed by atoms with Gasteiger partial charge in [0, 0.05) is 30.1 Å². The summed E-state index contributed by atoms with van der Waals surface area (Å²) in [6.45, 7) is 1.94. The fourth-order valence-electron chi connectivity index (χ4n) is 1.74. The molecule has 92 valence electrons. The van der Waals surface area contributed by atoms with E-state index in [4.69, 9.17) is 5.84 Å². The molecule has 1 aliphatic rings. The van der Waals surface area contributed by atoms with Gasteiger partial charge in [0.15, 0.2) is 11.6 Å². The van der Waals surface area contributed by atoms with E-state index in [1.54, 1.807) is 12.4 Å². The molecule has 3 rings (SSSR count). The van der Waals surface area contributed by atoms with E-state index in [1.165, 1.54) is 12.8 Å². The van der Waals surface area contributed by atoms with Crippen molar-refractivity contribution in [3.8, 4) is 11.6 Å². The van der Waals surface area contributed by atoms with Gasteiger partial charge in [0.1, 0.15) is 5.82 Å². The van der Waals surface area contributed by atoms with Crippen LogP contribution in [0.15, 0.2) is 18.5 Å². The lowest BCUT2D eigenvalue weighted by atomic mass is 10.2. The lowest BCUT2D eigenvalue weighted by molar-refractivity contribution is 0.970. The number of hydrazine groups is 1. The van der Waals surface area contributed by atoms with Crippen LogP contribution in [-0.2, 0) is 0 Å². The summed E-state index contributed by atoms with van der Waals surface area (Å²) in [6, 6.07) is 1.88. The maximum absolute atomic E-state index is 5.43. The van der Waals surface area contributed by atoms with Gasteiger partial charge in [-0.1, -0.05) is 0 Å². The van der Waals surface area contributed by atoms with Crippen LogP contribution >= 0.6 is 0 Å². The lowest BCUT2D eigenvalue weighted by Gasteiger charge is -2.06. The second-order valence-electron chi connectivity index (χ2n) is 4.50. The van der Waals surface area contributed by atoms with Crippen LogP contribution in [0.4, 0.5) is 5.82 Å². The zero-order valence-electron chi connectivity index (χ0n) is 10.1. The van der Waals surface area contributed by atoms with Crippen molar-refractivity contribution in [2.75, 3.05) is 5.43 Å². The van der Waals surface area contributed by atoms with Crippen molar-refractivity contribution in [3.05, 3.63) is 29.7 Å². The van der Waals surface area contributed by atoms with Gasteiger partial charge >= 0.3 is 0 Å². The predicted molar refractivity (Wildman–Crippen MR) is 67.6 cm³/mol. The number of hydrogen-bond acceptors (Lipinski definition) is 6. The highest BCUT2D eigenvalue weighted by molar-refractivity contribution is 5.49. The van der Waals surface area contributed by atoms with Gasteiger partial charge in [0.2, 0.25) is 0 Å². The topological polar surface area (TPSA) is 89.6 Å². The standard InChI is InChI=1S/C12H14N6/c1-7-5-14-11(15-6-7)12-16-9(8-2-3-8)4-10(17-12)18-13/h4-6,8H,2-3,13H2,1H3,(H,16,17,18). The molecule has 1 saturated carbocycles. The molecule has 0 radical (unpaired) electrons. The maximum Gasteiger partial charge on any atom is 0.199 e. The van der Waals surface area contributed by atoms with E-state index in [1.807, 2.05) is 13.0 Å². The van der Waals surface area contributed by atoms with Crippen molar-refractivity contribution >= 4 is 5.82 Å². The summed E-state index contributed by atoms with van der Waals surface area (Å²) in [5.41, 5.74) is 4.58. The number of nitrogen functional groups attached to an aromatic ring is 1. The summed E-state index contributed by atoms with van der Waals surface area (Å²) >= 11 is 0. The smallest absolute Gasteiger partial charge is 0.199 e. The molecule has 1 aliphatic carbocycles. The molecule has 2 heterocycles. The molecule has 0 saturated heterocycles. The Morgan fingerprint density at radius 1 is 1.17 bits per heavy atom. The third kappa shape index (κ3) is 2.14. The third-order valence-corrected chi connectivity index (χ3v) is 2.87. The molecular weight excluding hydrogens is 228 g/mol. The van der Waals surface area contributed by atoms with E-state index in [2.05, 4.69) is 25.4 Å². The zero-order chi connectivity index (χ0) is 12.5. The first-order valence-electron chi connectivity index (χ1n) is 5.91. The molecular formula is C12H14N6. The van der Waals surface area contributed by atoms with Crippen LogP contribution in [0.3, 0.4) is 0 Å². The van der Waals surface area contributed by atoms with E-state index in [9.17, 15) is 0 Å². The van der Waals surface area contributed by atoms with Gasteiger partial charge in [-0.15, -0.1) is 0 Å². The van der Waals surface area contributed by atoms with Crippen molar-refractivity contribution in [1.82, 2.24) is 19.9 Å². The summed E-state index contributed by atoms with van der Waals surface area (Å²) in [5, 5.41) is 0. The van der Waals surface area contributed by atoms with Crippen molar-refractivity contribution in [2.45, 2.75) is 25.7 Å². The number of nitrogens with one attached hydrogen (secondary N) is 1. The number of hydrogen-bond donors (Lipinski definition) is 2. The average Bonchev–Trinajstić information content (AvgIpc) is 3.23. The van der Waals surface area contributed by atoms with Crippen LogP contribution in [0.5, 0.6) is 0 Å². The molecule has 6 heteroatoms. The molecule has 0 spiro atoms. The van der Waals surface area contributed by atoms with Crippen molar-refractivity contribution < 1.29 is 0 Å². The molecule has 6 nitrogen and oxygen atoms in total. The SMILES string of the molecule is Cc1cnc(-c2nc(NN)cc(C3CC3)n2)nc1. The number of anilines is 1.